The summed E-state index contributed by atoms with van der Waals surface area (Å²) in [5, 5.41) is 0.962. The molecule has 3 heterocycles. The molecular weight excluding hydrogens is 336 g/mol. The molecule has 0 N–H and O–H groups in total. The van der Waals surface area contributed by atoms with Crippen LogP contribution in [0.2, 0.25) is 0 Å². The number of carbonyl (C=O) groups is 1. The Morgan fingerprint density at radius 1 is 1.30 bits per heavy atom. The van der Waals surface area contributed by atoms with Crippen LogP contribution in [0.5, 0.6) is 0 Å². The van der Waals surface area contributed by atoms with Gasteiger partial charge in [0.05, 0.1) is 11.1 Å². The molecule has 1 fully saturated rings. The molecule has 2 aromatic heterocycles. The minimum Gasteiger partial charge on any atom is -0.338 e. The Kier molecular flexibility index (Phi) is 4.68. The zero-order chi connectivity index (χ0) is 19.0. The largest absolute Gasteiger partial charge is 0.338 e. The summed E-state index contributed by atoms with van der Waals surface area (Å²) in [6, 6.07) is 8.19. The SMILES string of the molecule is CCc1ccc2nc(C)cc(C(=O)N3CCC[C@@H](c4nccn4C)C3)c2c1. The van der Waals surface area contributed by atoms with Crippen LogP contribution in [0, 0.1) is 6.92 Å². The van der Waals surface area contributed by atoms with Crippen molar-refractivity contribution < 1.29 is 4.79 Å². The monoisotopic (exact) mass is 362 g/mol. The number of benzene rings is 1. The van der Waals surface area contributed by atoms with E-state index >= 15 is 0 Å². The number of hydrogen-bond acceptors (Lipinski definition) is 3. The summed E-state index contributed by atoms with van der Waals surface area (Å²) in [5.74, 6) is 1.47. The van der Waals surface area contributed by atoms with Crippen LogP contribution in [0.25, 0.3) is 10.9 Å². The Balaban J connectivity index is 1.68. The quantitative estimate of drug-likeness (QED) is 0.711. The number of carbonyl (C=O) groups excluding carboxylic acids is 1. The second kappa shape index (κ2) is 7.14. The second-order valence-electron chi connectivity index (χ2n) is 7.50. The number of likely N-dealkylation sites (tertiary alicyclic amines) is 1. The summed E-state index contributed by atoms with van der Waals surface area (Å²) in [5.41, 5.74) is 3.78. The molecule has 4 rings (SSSR count). The van der Waals surface area contributed by atoms with Gasteiger partial charge in [0, 0.05) is 49.5 Å². The van der Waals surface area contributed by atoms with Crippen LogP contribution in [-0.4, -0.2) is 38.4 Å². The summed E-state index contributed by atoms with van der Waals surface area (Å²) < 4.78 is 2.07. The van der Waals surface area contributed by atoms with Crippen molar-refractivity contribution in [2.24, 2.45) is 7.05 Å². The van der Waals surface area contributed by atoms with Crippen molar-refractivity contribution in [3.05, 3.63) is 59.3 Å². The van der Waals surface area contributed by atoms with Gasteiger partial charge in [-0.05, 0) is 49.9 Å². The number of piperidine rings is 1. The molecule has 0 aliphatic carbocycles. The fourth-order valence-electron chi connectivity index (χ4n) is 4.12. The highest BCUT2D eigenvalue weighted by molar-refractivity contribution is 6.06. The van der Waals surface area contributed by atoms with Crippen molar-refractivity contribution in [3.63, 3.8) is 0 Å². The van der Waals surface area contributed by atoms with Crippen LogP contribution in [0.15, 0.2) is 36.7 Å². The molecule has 1 amide bonds. The first-order valence-corrected chi connectivity index (χ1v) is 9.73. The van der Waals surface area contributed by atoms with Gasteiger partial charge in [-0.1, -0.05) is 13.0 Å². The van der Waals surface area contributed by atoms with Gasteiger partial charge < -0.3 is 9.47 Å². The van der Waals surface area contributed by atoms with Gasteiger partial charge in [-0.25, -0.2) is 4.98 Å². The second-order valence-corrected chi connectivity index (χ2v) is 7.50. The Labute approximate surface area is 160 Å². The maximum atomic E-state index is 13.4. The van der Waals surface area contributed by atoms with Crippen molar-refractivity contribution in [2.75, 3.05) is 13.1 Å². The van der Waals surface area contributed by atoms with Gasteiger partial charge in [0.25, 0.3) is 5.91 Å². The molecule has 140 valence electrons. The normalized spacial score (nSPS) is 17.4. The summed E-state index contributed by atoms with van der Waals surface area (Å²) >= 11 is 0. The highest BCUT2D eigenvalue weighted by atomic mass is 16.2. The molecule has 0 radical (unpaired) electrons. The average molecular weight is 362 g/mol. The average Bonchev–Trinajstić information content (AvgIpc) is 3.12. The lowest BCUT2D eigenvalue weighted by atomic mass is 9.95. The van der Waals surface area contributed by atoms with Gasteiger partial charge in [-0.3, -0.25) is 9.78 Å². The molecule has 0 unspecified atom stereocenters. The predicted molar refractivity (Wildman–Crippen MR) is 107 cm³/mol. The third kappa shape index (κ3) is 3.34. The summed E-state index contributed by atoms with van der Waals surface area (Å²) in [7, 11) is 2.02. The molecule has 27 heavy (non-hydrogen) atoms. The van der Waals surface area contributed by atoms with E-state index in [0.717, 1.165) is 60.3 Å². The molecule has 0 bridgehead atoms. The van der Waals surface area contributed by atoms with Crippen LogP contribution in [0.4, 0.5) is 0 Å². The number of imidazole rings is 1. The molecule has 1 aromatic carbocycles. The Bertz CT molecular complexity index is 991. The minimum absolute atomic E-state index is 0.109. The van der Waals surface area contributed by atoms with Crippen LogP contribution in [0.3, 0.4) is 0 Å². The number of nitrogens with zero attached hydrogens (tertiary/aromatic N) is 4. The molecular formula is C22H26N4O. The van der Waals surface area contributed by atoms with E-state index in [1.54, 1.807) is 0 Å². The van der Waals surface area contributed by atoms with E-state index in [1.807, 2.05) is 43.4 Å². The van der Waals surface area contributed by atoms with E-state index in [1.165, 1.54) is 5.56 Å². The molecule has 1 atom stereocenters. The number of rotatable bonds is 3. The number of amides is 1. The maximum absolute atomic E-state index is 13.4. The van der Waals surface area contributed by atoms with Gasteiger partial charge >= 0.3 is 0 Å². The van der Waals surface area contributed by atoms with E-state index in [9.17, 15) is 4.79 Å². The molecule has 5 nitrogen and oxygen atoms in total. The summed E-state index contributed by atoms with van der Waals surface area (Å²) in [6.07, 6.45) is 6.84. The first kappa shape index (κ1) is 17.7. The Morgan fingerprint density at radius 2 is 2.15 bits per heavy atom. The maximum Gasteiger partial charge on any atom is 0.254 e. The third-order valence-electron chi connectivity index (χ3n) is 5.57. The number of pyridine rings is 1. The van der Waals surface area contributed by atoms with Crippen molar-refractivity contribution in [2.45, 2.75) is 39.0 Å². The number of hydrogen-bond donors (Lipinski definition) is 0. The number of aromatic nitrogens is 3. The van der Waals surface area contributed by atoms with Gasteiger partial charge in [0.15, 0.2) is 0 Å². The van der Waals surface area contributed by atoms with Crippen LogP contribution < -0.4 is 0 Å². The van der Waals surface area contributed by atoms with Crippen molar-refractivity contribution in [1.82, 2.24) is 19.4 Å². The van der Waals surface area contributed by atoms with Gasteiger partial charge in [-0.15, -0.1) is 0 Å². The molecule has 0 spiro atoms. The minimum atomic E-state index is 0.109. The highest BCUT2D eigenvalue weighted by Crippen LogP contribution is 2.28. The molecule has 1 saturated heterocycles. The third-order valence-corrected chi connectivity index (χ3v) is 5.57. The van der Waals surface area contributed by atoms with Gasteiger partial charge in [0.1, 0.15) is 5.82 Å². The van der Waals surface area contributed by atoms with E-state index < -0.39 is 0 Å². The van der Waals surface area contributed by atoms with Crippen molar-refractivity contribution in [1.29, 1.82) is 0 Å². The summed E-state index contributed by atoms with van der Waals surface area (Å²) in [6.45, 7) is 5.61. The fourth-order valence-corrected chi connectivity index (χ4v) is 4.12. The summed E-state index contributed by atoms with van der Waals surface area (Å²) in [4.78, 5) is 24.6. The lowest BCUT2D eigenvalue weighted by molar-refractivity contribution is 0.0705. The standard InChI is InChI=1S/C22H26N4O/c1-4-16-7-8-20-18(13-16)19(12-15(2)24-20)22(27)26-10-5-6-17(14-26)21-23-9-11-25(21)3/h7-9,11-13,17H,4-6,10,14H2,1-3H3/t17-/m1/s1. The first-order chi connectivity index (χ1) is 13.1. The zero-order valence-corrected chi connectivity index (χ0v) is 16.3. The number of fused-ring (bicyclic) bond motifs is 1. The van der Waals surface area contributed by atoms with E-state index in [2.05, 4.69) is 33.6 Å². The first-order valence-electron chi connectivity index (χ1n) is 9.73. The van der Waals surface area contributed by atoms with E-state index in [4.69, 9.17) is 0 Å². The van der Waals surface area contributed by atoms with Crippen LogP contribution in [-0.2, 0) is 13.5 Å². The lowest BCUT2D eigenvalue weighted by Crippen LogP contribution is -2.39. The van der Waals surface area contributed by atoms with Crippen LogP contribution >= 0.6 is 0 Å². The number of aryl methyl sites for hydroxylation is 3. The van der Waals surface area contributed by atoms with E-state index in [-0.39, 0.29) is 5.91 Å². The molecule has 5 heteroatoms. The molecule has 0 saturated carbocycles. The molecule has 1 aliphatic rings. The molecule has 1 aliphatic heterocycles. The van der Waals surface area contributed by atoms with Crippen LogP contribution in [0.1, 0.15) is 53.1 Å². The Morgan fingerprint density at radius 3 is 2.89 bits per heavy atom. The van der Waals surface area contributed by atoms with Gasteiger partial charge in [-0.2, -0.15) is 0 Å². The lowest BCUT2D eigenvalue weighted by Gasteiger charge is -2.32. The molecule has 3 aromatic rings. The predicted octanol–water partition coefficient (Wildman–Crippen LogP) is 3.86. The Hall–Kier alpha value is -2.69. The van der Waals surface area contributed by atoms with Gasteiger partial charge in [0.2, 0.25) is 0 Å². The smallest absolute Gasteiger partial charge is 0.254 e. The van der Waals surface area contributed by atoms with Crippen molar-refractivity contribution >= 4 is 16.8 Å². The fraction of sp³-hybridized carbons (Fsp3) is 0.409. The van der Waals surface area contributed by atoms with E-state index in [0.29, 0.717) is 5.92 Å². The van der Waals surface area contributed by atoms with Crippen molar-refractivity contribution in [3.8, 4) is 0 Å². The zero-order valence-electron chi connectivity index (χ0n) is 16.3. The highest BCUT2D eigenvalue weighted by Gasteiger charge is 2.28. The topological polar surface area (TPSA) is 51.0 Å².